The molecule has 6 rings (SSSR count). The molecule has 4 nitrogen and oxygen atoms in total. The Hall–Kier alpha value is -4.10. The first kappa shape index (κ1) is 18.9. The zero-order valence-corrected chi connectivity index (χ0v) is 16.9. The van der Waals surface area contributed by atoms with Crippen molar-refractivity contribution in [2.75, 3.05) is 0 Å². The molecule has 1 aromatic heterocycles. The fourth-order valence-corrected chi connectivity index (χ4v) is 4.27. The Bertz CT molecular complexity index is 1500. The van der Waals surface area contributed by atoms with Gasteiger partial charge < -0.3 is 0 Å². The molecule has 0 aliphatic heterocycles. The SMILES string of the molecule is N#Cc1ccc2cncnc2c1.O=C1CCc2c(ccc3c2ccc2ccccc23)C1. The molecule has 0 spiro atoms. The van der Waals surface area contributed by atoms with Crippen molar-refractivity contribution in [2.24, 2.45) is 0 Å². The summed E-state index contributed by atoms with van der Waals surface area (Å²) >= 11 is 0. The van der Waals surface area contributed by atoms with E-state index in [1.165, 1.54) is 39.0 Å². The van der Waals surface area contributed by atoms with Gasteiger partial charge in [0.25, 0.3) is 0 Å². The van der Waals surface area contributed by atoms with Crippen molar-refractivity contribution in [3.05, 3.63) is 95.9 Å². The number of nitrogens with zero attached hydrogens (tertiary/aromatic N) is 3. The Balaban J connectivity index is 0.000000147. The van der Waals surface area contributed by atoms with Crippen LogP contribution < -0.4 is 0 Å². The Labute approximate surface area is 179 Å². The molecule has 4 aromatic carbocycles. The van der Waals surface area contributed by atoms with E-state index < -0.39 is 0 Å². The number of aryl methyl sites for hydroxylation is 1. The number of hydrogen-bond acceptors (Lipinski definition) is 4. The third kappa shape index (κ3) is 3.62. The van der Waals surface area contributed by atoms with E-state index in [0.29, 0.717) is 24.2 Å². The summed E-state index contributed by atoms with van der Waals surface area (Å²) in [5.74, 6) is 0.368. The van der Waals surface area contributed by atoms with E-state index in [4.69, 9.17) is 5.26 Å². The van der Waals surface area contributed by atoms with Crippen molar-refractivity contribution < 1.29 is 4.79 Å². The molecule has 0 bridgehead atoms. The minimum Gasteiger partial charge on any atom is -0.299 e. The van der Waals surface area contributed by atoms with Gasteiger partial charge in [0, 0.05) is 24.4 Å². The van der Waals surface area contributed by atoms with Gasteiger partial charge in [-0.05, 0) is 57.3 Å². The summed E-state index contributed by atoms with van der Waals surface area (Å²) in [5.41, 5.74) is 4.03. The molecule has 1 aliphatic carbocycles. The number of aromatic nitrogens is 2. The van der Waals surface area contributed by atoms with E-state index in [1.807, 2.05) is 6.07 Å². The van der Waals surface area contributed by atoms with Crippen LogP contribution in [0, 0.1) is 11.3 Å². The maximum Gasteiger partial charge on any atom is 0.137 e. The summed E-state index contributed by atoms with van der Waals surface area (Å²) in [5, 5.41) is 14.8. The molecule has 0 unspecified atom stereocenters. The summed E-state index contributed by atoms with van der Waals surface area (Å²) in [6.07, 6.45) is 5.40. The highest BCUT2D eigenvalue weighted by atomic mass is 16.1. The van der Waals surface area contributed by atoms with Gasteiger partial charge in [-0.2, -0.15) is 5.26 Å². The van der Waals surface area contributed by atoms with Gasteiger partial charge in [-0.15, -0.1) is 0 Å². The smallest absolute Gasteiger partial charge is 0.137 e. The average molecular weight is 401 g/mol. The van der Waals surface area contributed by atoms with Gasteiger partial charge in [-0.3, -0.25) is 4.79 Å². The van der Waals surface area contributed by atoms with E-state index in [9.17, 15) is 4.79 Å². The van der Waals surface area contributed by atoms with Crippen LogP contribution in [0.15, 0.2) is 79.3 Å². The molecular formula is C27H19N3O. The normalized spacial score (nSPS) is 12.8. The van der Waals surface area contributed by atoms with E-state index in [-0.39, 0.29) is 0 Å². The molecule has 0 saturated carbocycles. The number of carbonyl (C=O) groups excluding carboxylic acids is 1. The lowest BCUT2D eigenvalue weighted by atomic mass is 9.86. The molecule has 0 fully saturated rings. The topological polar surface area (TPSA) is 66.6 Å². The van der Waals surface area contributed by atoms with E-state index in [1.54, 1.807) is 18.3 Å². The highest BCUT2D eigenvalue weighted by Crippen LogP contribution is 2.32. The Morgan fingerprint density at radius 2 is 1.68 bits per heavy atom. The zero-order valence-electron chi connectivity index (χ0n) is 16.9. The number of ketones is 1. The molecule has 0 radical (unpaired) electrons. The second-order valence-electron chi connectivity index (χ2n) is 7.71. The fraction of sp³-hybridized carbons (Fsp3) is 0.111. The second kappa shape index (κ2) is 7.97. The monoisotopic (exact) mass is 401 g/mol. The van der Waals surface area contributed by atoms with Crippen molar-refractivity contribution in [1.82, 2.24) is 9.97 Å². The lowest BCUT2D eigenvalue weighted by Crippen LogP contribution is -2.13. The number of rotatable bonds is 0. The molecule has 4 heteroatoms. The number of carbonyl (C=O) groups is 1. The lowest BCUT2D eigenvalue weighted by molar-refractivity contribution is -0.118. The first-order valence-electron chi connectivity index (χ1n) is 10.3. The summed E-state index contributed by atoms with van der Waals surface area (Å²) in [6, 6.07) is 24.6. The largest absolute Gasteiger partial charge is 0.299 e. The molecule has 0 saturated heterocycles. The molecule has 0 N–H and O–H groups in total. The first-order valence-corrected chi connectivity index (χ1v) is 10.3. The van der Waals surface area contributed by atoms with Crippen LogP contribution in [0.4, 0.5) is 0 Å². The second-order valence-corrected chi connectivity index (χ2v) is 7.71. The van der Waals surface area contributed by atoms with Crippen LogP contribution in [-0.2, 0) is 17.6 Å². The molecule has 0 amide bonds. The predicted octanol–water partition coefficient (Wildman–Crippen LogP) is 5.55. The maximum absolute atomic E-state index is 11.6. The van der Waals surface area contributed by atoms with Gasteiger partial charge in [-0.1, -0.05) is 48.5 Å². The summed E-state index contributed by atoms with van der Waals surface area (Å²) in [7, 11) is 0. The van der Waals surface area contributed by atoms with Crippen LogP contribution >= 0.6 is 0 Å². The van der Waals surface area contributed by atoms with Gasteiger partial charge in [0.05, 0.1) is 17.1 Å². The molecule has 1 aliphatic rings. The third-order valence-corrected chi connectivity index (χ3v) is 5.81. The van der Waals surface area contributed by atoms with Crippen LogP contribution in [-0.4, -0.2) is 15.8 Å². The third-order valence-electron chi connectivity index (χ3n) is 5.81. The van der Waals surface area contributed by atoms with Crippen LogP contribution in [0.2, 0.25) is 0 Å². The van der Waals surface area contributed by atoms with Gasteiger partial charge in [0.2, 0.25) is 0 Å². The fourth-order valence-electron chi connectivity index (χ4n) is 4.27. The quantitative estimate of drug-likeness (QED) is 0.319. The minimum absolute atomic E-state index is 0.368. The van der Waals surface area contributed by atoms with Crippen LogP contribution in [0.3, 0.4) is 0 Å². The Kier molecular flexibility index (Phi) is 4.86. The Morgan fingerprint density at radius 1 is 0.839 bits per heavy atom. The van der Waals surface area contributed by atoms with E-state index in [0.717, 1.165) is 17.3 Å². The molecule has 1 heterocycles. The average Bonchev–Trinajstić information content (AvgIpc) is 2.83. The van der Waals surface area contributed by atoms with Crippen LogP contribution in [0.25, 0.3) is 32.4 Å². The van der Waals surface area contributed by atoms with Crippen molar-refractivity contribution in [3.8, 4) is 6.07 Å². The number of fused-ring (bicyclic) bond motifs is 6. The molecule has 31 heavy (non-hydrogen) atoms. The predicted molar refractivity (Wildman–Crippen MR) is 123 cm³/mol. The summed E-state index contributed by atoms with van der Waals surface area (Å²) in [6.45, 7) is 0. The molecule has 0 atom stereocenters. The number of Topliss-reactive ketones (excluding diaryl/α,β-unsaturated/α-hetero) is 1. The maximum atomic E-state index is 11.6. The van der Waals surface area contributed by atoms with Gasteiger partial charge in [0.15, 0.2) is 0 Å². The minimum atomic E-state index is 0.368. The van der Waals surface area contributed by atoms with Crippen molar-refractivity contribution >= 4 is 38.2 Å². The van der Waals surface area contributed by atoms with Crippen LogP contribution in [0.5, 0.6) is 0 Å². The highest BCUT2D eigenvalue weighted by Gasteiger charge is 2.18. The van der Waals surface area contributed by atoms with Crippen molar-refractivity contribution in [2.45, 2.75) is 19.3 Å². The zero-order chi connectivity index (χ0) is 21.2. The van der Waals surface area contributed by atoms with E-state index >= 15 is 0 Å². The van der Waals surface area contributed by atoms with E-state index in [2.05, 4.69) is 64.6 Å². The van der Waals surface area contributed by atoms with Crippen molar-refractivity contribution in [3.63, 3.8) is 0 Å². The standard InChI is InChI=1S/C18H14O.C9H5N3/c19-14-7-10-16-13(11-14)6-9-17-15-4-2-1-3-12(15)5-8-18(16)17;10-4-7-1-2-8-5-11-6-12-9(8)3-7/h1-6,8-9H,7,10-11H2;1-3,5-6H. The Morgan fingerprint density at radius 3 is 2.58 bits per heavy atom. The first-order chi connectivity index (χ1) is 15.2. The molecular weight excluding hydrogens is 382 g/mol. The van der Waals surface area contributed by atoms with Crippen LogP contribution in [0.1, 0.15) is 23.1 Å². The molecule has 5 aromatic rings. The number of nitriles is 1. The summed E-state index contributed by atoms with van der Waals surface area (Å²) in [4.78, 5) is 19.5. The van der Waals surface area contributed by atoms with Gasteiger partial charge in [-0.25, -0.2) is 9.97 Å². The van der Waals surface area contributed by atoms with Gasteiger partial charge >= 0.3 is 0 Å². The number of benzene rings is 4. The lowest BCUT2D eigenvalue weighted by Gasteiger charge is -2.18. The van der Waals surface area contributed by atoms with Crippen molar-refractivity contribution in [1.29, 1.82) is 5.26 Å². The number of hydrogen-bond donors (Lipinski definition) is 0. The molecule has 148 valence electrons. The highest BCUT2D eigenvalue weighted by molar-refractivity contribution is 6.09. The summed E-state index contributed by atoms with van der Waals surface area (Å²) < 4.78 is 0. The van der Waals surface area contributed by atoms with Gasteiger partial charge in [0.1, 0.15) is 12.1 Å².